The van der Waals surface area contributed by atoms with Crippen molar-refractivity contribution in [2.24, 2.45) is 10.7 Å². The van der Waals surface area contributed by atoms with E-state index in [0.717, 1.165) is 11.3 Å². The molecule has 1 aromatic carbocycles. The average Bonchev–Trinajstić information content (AvgIpc) is 3.37. The second-order valence-electron chi connectivity index (χ2n) is 5.97. The number of rotatable bonds is 6. The van der Waals surface area contributed by atoms with E-state index in [1.807, 2.05) is 42.1 Å². The van der Waals surface area contributed by atoms with Crippen molar-refractivity contribution in [3.05, 3.63) is 71.9 Å². The summed E-state index contributed by atoms with van der Waals surface area (Å²) < 4.78 is 7.17. The van der Waals surface area contributed by atoms with Gasteiger partial charge in [-0.2, -0.15) is 5.10 Å². The molecular weight excluding hydrogens is 344 g/mol. The van der Waals surface area contributed by atoms with Crippen LogP contribution < -0.4 is 16.4 Å². The summed E-state index contributed by atoms with van der Waals surface area (Å²) in [7, 11) is 1.69. The highest BCUT2D eigenvalue weighted by Crippen LogP contribution is 2.16. The molecule has 8 heteroatoms. The number of nitrogens with zero attached hydrogens (tertiary/aromatic N) is 3. The van der Waals surface area contributed by atoms with Gasteiger partial charge >= 0.3 is 0 Å². The third-order valence-electron chi connectivity index (χ3n) is 4.05. The number of nitrogens with two attached hydrogens (primary N) is 1. The summed E-state index contributed by atoms with van der Waals surface area (Å²) in [4.78, 5) is 15.3. The molecule has 8 nitrogen and oxygen atoms in total. The van der Waals surface area contributed by atoms with Gasteiger partial charge < -0.3 is 20.8 Å². The smallest absolute Gasteiger partial charge is 0.284 e. The molecule has 140 valence electrons. The molecule has 3 rings (SSSR count). The maximum atomic E-state index is 11.1. The van der Waals surface area contributed by atoms with E-state index in [1.54, 1.807) is 25.4 Å². The average molecular weight is 366 g/mol. The minimum Gasteiger partial charge on any atom is -0.454 e. The van der Waals surface area contributed by atoms with Crippen LogP contribution in [0.15, 0.2) is 64.3 Å². The first-order valence-electron chi connectivity index (χ1n) is 8.52. The quantitative estimate of drug-likeness (QED) is 0.456. The number of guanidine groups is 1. The van der Waals surface area contributed by atoms with Crippen LogP contribution in [0.1, 0.15) is 34.8 Å². The normalized spacial score (nSPS) is 12.6. The summed E-state index contributed by atoms with van der Waals surface area (Å²) in [6.07, 6.45) is 3.65. The van der Waals surface area contributed by atoms with Crippen molar-refractivity contribution in [1.82, 2.24) is 20.4 Å². The molecule has 0 aliphatic heterocycles. The molecule has 0 saturated carbocycles. The van der Waals surface area contributed by atoms with Gasteiger partial charge in [-0.05, 0) is 42.8 Å². The summed E-state index contributed by atoms with van der Waals surface area (Å²) in [5.41, 5.74) is 7.28. The highest BCUT2D eigenvalue weighted by molar-refractivity contribution is 5.89. The van der Waals surface area contributed by atoms with Crippen LogP contribution in [0.2, 0.25) is 0 Å². The van der Waals surface area contributed by atoms with Crippen LogP contribution >= 0.6 is 0 Å². The molecule has 0 spiro atoms. The Morgan fingerprint density at radius 2 is 2.19 bits per heavy atom. The monoisotopic (exact) mass is 366 g/mol. The fourth-order valence-electron chi connectivity index (χ4n) is 2.62. The highest BCUT2D eigenvalue weighted by Gasteiger charge is 2.11. The topological polar surface area (TPSA) is 110 Å². The fraction of sp³-hybridized carbons (Fsp3) is 0.211. The van der Waals surface area contributed by atoms with E-state index in [9.17, 15) is 4.79 Å². The summed E-state index contributed by atoms with van der Waals surface area (Å²) >= 11 is 0. The van der Waals surface area contributed by atoms with Gasteiger partial charge in [-0.15, -0.1) is 0 Å². The van der Waals surface area contributed by atoms with Crippen molar-refractivity contribution in [2.75, 3.05) is 7.05 Å². The molecule has 0 saturated heterocycles. The van der Waals surface area contributed by atoms with E-state index in [1.165, 1.54) is 0 Å². The number of furan rings is 1. The molecule has 0 fully saturated rings. The van der Waals surface area contributed by atoms with Gasteiger partial charge in [0, 0.05) is 19.4 Å². The van der Waals surface area contributed by atoms with Crippen LogP contribution in [-0.2, 0) is 6.54 Å². The minimum atomic E-state index is -0.588. The molecule has 3 aromatic rings. The number of hydrogen-bond acceptors (Lipinski definition) is 4. The summed E-state index contributed by atoms with van der Waals surface area (Å²) in [5.74, 6) is 0.761. The minimum absolute atomic E-state index is 0.0180. The van der Waals surface area contributed by atoms with Crippen LogP contribution in [0.3, 0.4) is 0 Å². The van der Waals surface area contributed by atoms with Crippen molar-refractivity contribution < 1.29 is 9.21 Å². The standard InChI is InChI=1S/C19H22N6O2/c1-13(14-5-3-6-15(11-14)25-10-4-9-23-25)24-19(21-2)22-12-16-7-8-17(27-16)18(20)26/h3-11,13H,12H2,1-2H3,(H2,20,26)(H2,21,22,24). The maximum Gasteiger partial charge on any atom is 0.284 e. The largest absolute Gasteiger partial charge is 0.454 e. The van der Waals surface area contributed by atoms with Gasteiger partial charge in [-0.25, -0.2) is 4.68 Å². The van der Waals surface area contributed by atoms with E-state index in [4.69, 9.17) is 10.2 Å². The zero-order chi connectivity index (χ0) is 19.2. The zero-order valence-corrected chi connectivity index (χ0v) is 15.2. The van der Waals surface area contributed by atoms with E-state index in [2.05, 4.69) is 26.8 Å². The van der Waals surface area contributed by atoms with Gasteiger partial charge in [-0.1, -0.05) is 12.1 Å². The van der Waals surface area contributed by atoms with E-state index in [-0.39, 0.29) is 11.8 Å². The van der Waals surface area contributed by atoms with Crippen molar-refractivity contribution in [2.45, 2.75) is 19.5 Å². The Hall–Kier alpha value is -3.55. The number of hydrogen-bond donors (Lipinski definition) is 3. The van der Waals surface area contributed by atoms with Gasteiger partial charge in [0.25, 0.3) is 5.91 Å². The lowest BCUT2D eigenvalue weighted by atomic mass is 10.1. The van der Waals surface area contributed by atoms with Crippen molar-refractivity contribution in [3.8, 4) is 5.69 Å². The second-order valence-corrected chi connectivity index (χ2v) is 5.97. The second kappa shape index (κ2) is 8.22. The lowest BCUT2D eigenvalue weighted by molar-refractivity contribution is 0.0972. The van der Waals surface area contributed by atoms with Crippen molar-refractivity contribution in [3.63, 3.8) is 0 Å². The first-order chi connectivity index (χ1) is 13.1. The van der Waals surface area contributed by atoms with E-state index in [0.29, 0.717) is 18.3 Å². The molecule has 1 unspecified atom stereocenters. The zero-order valence-electron chi connectivity index (χ0n) is 15.2. The summed E-state index contributed by atoms with van der Waals surface area (Å²) in [6, 6.07) is 13.3. The van der Waals surface area contributed by atoms with Gasteiger partial charge in [0.2, 0.25) is 0 Å². The molecule has 1 atom stereocenters. The molecule has 1 amide bonds. The molecule has 2 aromatic heterocycles. The van der Waals surface area contributed by atoms with Gasteiger partial charge in [0.05, 0.1) is 18.3 Å². The Balaban J connectivity index is 1.62. The maximum absolute atomic E-state index is 11.1. The Labute approximate surface area is 157 Å². The summed E-state index contributed by atoms with van der Waals surface area (Å²) in [5, 5.41) is 10.7. The number of carbonyl (C=O) groups excluding carboxylic acids is 1. The predicted molar refractivity (Wildman–Crippen MR) is 103 cm³/mol. The summed E-state index contributed by atoms with van der Waals surface area (Å²) in [6.45, 7) is 2.43. The molecular formula is C19H22N6O2. The Morgan fingerprint density at radius 3 is 2.85 bits per heavy atom. The molecule has 0 aliphatic carbocycles. The number of nitrogens with one attached hydrogen (secondary N) is 2. The number of aromatic nitrogens is 2. The first-order valence-corrected chi connectivity index (χ1v) is 8.52. The van der Waals surface area contributed by atoms with E-state index < -0.39 is 5.91 Å². The van der Waals surface area contributed by atoms with Crippen LogP contribution in [-0.4, -0.2) is 28.7 Å². The van der Waals surface area contributed by atoms with Crippen LogP contribution in [0.25, 0.3) is 5.69 Å². The van der Waals surface area contributed by atoms with Gasteiger partial charge in [0.15, 0.2) is 11.7 Å². The molecule has 0 aliphatic rings. The number of benzene rings is 1. The molecule has 0 bridgehead atoms. The van der Waals surface area contributed by atoms with E-state index >= 15 is 0 Å². The number of carbonyl (C=O) groups is 1. The Bertz CT molecular complexity index is 929. The number of amides is 1. The molecule has 0 radical (unpaired) electrons. The van der Waals surface area contributed by atoms with Crippen molar-refractivity contribution in [1.29, 1.82) is 0 Å². The number of aliphatic imine (C=N–C) groups is 1. The van der Waals surface area contributed by atoms with Crippen LogP contribution in [0, 0.1) is 0 Å². The Kier molecular flexibility index (Phi) is 5.55. The predicted octanol–water partition coefficient (Wildman–Crippen LogP) is 1.99. The molecule has 27 heavy (non-hydrogen) atoms. The lowest BCUT2D eigenvalue weighted by Crippen LogP contribution is -2.38. The molecule has 2 heterocycles. The Morgan fingerprint density at radius 1 is 1.33 bits per heavy atom. The lowest BCUT2D eigenvalue weighted by Gasteiger charge is -2.18. The van der Waals surface area contributed by atoms with Crippen LogP contribution in [0.5, 0.6) is 0 Å². The highest BCUT2D eigenvalue weighted by atomic mass is 16.3. The molecule has 4 N–H and O–H groups in total. The fourth-order valence-corrected chi connectivity index (χ4v) is 2.62. The SMILES string of the molecule is CN=C(NCc1ccc(C(N)=O)o1)NC(C)c1cccc(-n2cccn2)c1. The number of primary amides is 1. The van der Waals surface area contributed by atoms with Gasteiger partial charge in [-0.3, -0.25) is 9.79 Å². The third kappa shape index (κ3) is 4.55. The van der Waals surface area contributed by atoms with Crippen molar-refractivity contribution >= 4 is 11.9 Å². The third-order valence-corrected chi connectivity index (χ3v) is 4.05. The van der Waals surface area contributed by atoms with Crippen LogP contribution in [0.4, 0.5) is 0 Å². The first kappa shape index (κ1) is 18.2. The van der Waals surface area contributed by atoms with Gasteiger partial charge in [0.1, 0.15) is 5.76 Å².